The molecule has 1 unspecified atom stereocenters. The third-order valence-electron chi connectivity index (χ3n) is 3.35. The number of carboxylic acids is 1. The molecule has 6 nitrogen and oxygen atoms in total. The van der Waals surface area contributed by atoms with Crippen molar-refractivity contribution in [3.8, 4) is 0 Å². The fourth-order valence-corrected chi connectivity index (χ4v) is 2.35. The Balaban J connectivity index is 4.19. The number of carbonyl (C=O) groups excluding carboxylic acids is 2. The normalized spacial score (nSPS) is 12.7. The van der Waals surface area contributed by atoms with Gasteiger partial charge < -0.3 is 14.3 Å². The Hall–Kier alpha value is -1.43. The Labute approximate surface area is 139 Å². The summed E-state index contributed by atoms with van der Waals surface area (Å²) in [6.07, 6.45) is 4.39. The second-order valence-corrected chi connectivity index (χ2v) is 7.06. The van der Waals surface area contributed by atoms with E-state index in [1.807, 2.05) is 21.1 Å². The number of ether oxygens (including phenoxy) is 1. The maximum Gasteiger partial charge on any atom is 0.313 e. The highest BCUT2D eigenvalue weighted by molar-refractivity contribution is 5.95. The van der Waals surface area contributed by atoms with Gasteiger partial charge in [0.2, 0.25) is 0 Å². The van der Waals surface area contributed by atoms with Gasteiger partial charge in [0.15, 0.2) is 6.10 Å². The standard InChI is InChI=1S/C17H31NO5/c1-5-6-7-8-9-10-14(19)11-17(22)23-15(12-16(20)21)13-18(2,3)4/h15H,5-13H2,1-4H3/p+1. The lowest BCUT2D eigenvalue weighted by Crippen LogP contribution is -2.44. The molecule has 0 aliphatic carbocycles. The number of carbonyl (C=O) groups is 3. The zero-order valence-corrected chi connectivity index (χ0v) is 15.0. The highest BCUT2D eigenvalue weighted by Crippen LogP contribution is 2.09. The first kappa shape index (κ1) is 21.6. The van der Waals surface area contributed by atoms with Gasteiger partial charge in [0.05, 0.1) is 27.6 Å². The van der Waals surface area contributed by atoms with Crippen LogP contribution in [-0.4, -0.2) is 61.1 Å². The average molecular weight is 330 g/mol. The van der Waals surface area contributed by atoms with Crippen LogP contribution in [0.3, 0.4) is 0 Å². The monoisotopic (exact) mass is 330 g/mol. The fraction of sp³-hybridized carbons (Fsp3) is 0.824. The van der Waals surface area contributed by atoms with Crippen molar-refractivity contribution in [1.29, 1.82) is 0 Å². The number of aliphatic carboxylic acids is 1. The van der Waals surface area contributed by atoms with Crippen LogP contribution in [0.25, 0.3) is 0 Å². The molecule has 0 spiro atoms. The summed E-state index contributed by atoms with van der Waals surface area (Å²) in [5, 5.41) is 8.90. The topological polar surface area (TPSA) is 80.7 Å². The summed E-state index contributed by atoms with van der Waals surface area (Å²) in [6.45, 7) is 2.52. The maximum atomic E-state index is 11.8. The Morgan fingerprint density at radius 3 is 2.17 bits per heavy atom. The lowest BCUT2D eigenvalue weighted by molar-refractivity contribution is -0.873. The molecule has 0 aliphatic heterocycles. The van der Waals surface area contributed by atoms with Gasteiger partial charge in [0.1, 0.15) is 18.7 Å². The highest BCUT2D eigenvalue weighted by atomic mass is 16.5. The molecule has 0 bridgehead atoms. The van der Waals surface area contributed by atoms with E-state index in [-0.39, 0.29) is 18.6 Å². The van der Waals surface area contributed by atoms with Gasteiger partial charge in [-0.3, -0.25) is 14.4 Å². The molecule has 1 atom stereocenters. The van der Waals surface area contributed by atoms with Gasteiger partial charge in [-0.2, -0.15) is 0 Å². The van der Waals surface area contributed by atoms with Crippen molar-refractivity contribution in [3.05, 3.63) is 0 Å². The summed E-state index contributed by atoms with van der Waals surface area (Å²) >= 11 is 0. The highest BCUT2D eigenvalue weighted by Gasteiger charge is 2.25. The number of hydrogen-bond acceptors (Lipinski definition) is 4. The molecule has 0 aromatic carbocycles. The van der Waals surface area contributed by atoms with E-state index < -0.39 is 18.0 Å². The van der Waals surface area contributed by atoms with Gasteiger partial charge in [-0.1, -0.05) is 32.6 Å². The summed E-state index contributed by atoms with van der Waals surface area (Å²) in [4.78, 5) is 34.4. The molecule has 0 radical (unpaired) electrons. The number of esters is 1. The number of quaternary nitrogens is 1. The zero-order chi connectivity index (χ0) is 17.9. The van der Waals surface area contributed by atoms with Crippen LogP contribution in [0.4, 0.5) is 0 Å². The first-order chi connectivity index (χ1) is 10.6. The van der Waals surface area contributed by atoms with Crippen LogP contribution in [0.5, 0.6) is 0 Å². The lowest BCUT2D eigenvalue weighted by atomic mass is 10.1. The number of Topliss-reactive ketones (excluding diaryl/α,β-unsaturated/α-hetero) is 1. The second-order valence-electron chi connectivity index (χ2n) is 7.06. The number of unbranched alkanes of at least 4 members (excludes halogenated alkanes) is 4. The third-order valence-corrected chi connectivity index (χ3v) is 3.35. The molecule has 6 heteroatoms. The quantitative estimate of drug-likeness (QED) is 0.243. The van der Waals surface area contributed by atoms with Gasteiger partial charge in [-0.05, 0) is 6.42 Å². The van der Waals surface area contributed by atoms with Crippen molar-refractivity contribution in [1.82, 2.24) is 0 Å². The molecule has 0 aliphatic rings. The van der Waals surface area contributed by atoms with Crippen LogP contribution in [0.2, 0.25) is 0 Å². The molecule has 1 N–H and O–H groups in total. The number of likely N-dealkylation sites (N-methyl/N-ethyl adjacent to an activating group) is 1. The van der Waals surface area contributed by atoms with Crippen LogP contribution in [0, 0.1) is 0 Å². The minimum Gasteiger partial charge on any atom is -0.481 e. The van der Waals surface area contributed by atoms with Crippen LogP contribution in [-0.2, 0) is 19.1 Å². The van der Waals surface area contributed by atoms with Crippen LogP contribution in [0.15, 0.2) is 0 Å². The van der Waals surface area contributed by atoms with E-state index in [9.17, 15) is 14.4 Å². The second kappa shape index (κ2) is 11.2. The zero-order valence-electron chi connectivity index (χ0n) is 15.0. The predicted molar refractivity (Wildman–Crippen MR) is 88.0 cm³/mol. The van der Waals surface area contributed by atoms with Crippen LogP contribution in [0.1, 0.15) is 58.3 Å². The largest absolute Gasteiger partial charge is 0.481 e. The van der Waals surface area contributed by atoms with Crippen molar-refractivity contribution in [3.63, 3.8) is 0 Å². The van der Waals surface area contributed by atoms with E-state index in [1.54, 1.807) is 0 Å². The van der Waals surface area contributed by atoms with E-state index in [4.69, 9.17) is 9.84 Å². The van der Waals surface area contributed by atoms with E-state index in [2.05, 4.69) is 6.92 Å². The Morgan fingerprint density at radius 2 is 1.65 bits per heavy atom. The molecule has 0 aromatic heterocycles. The average Bonchev–Trinajstić information content (AvgIpc) is 2.35. The van der Waals surface area contributed by atoms with E-state index in [1.165, 1.54) is 0 Å². The van der Waals surface area contributed by atoms with Crippen molar-refractivity contribution < 1.29 is 28.7 Å². The fourth-order valence-electron chi connectivity index (χ4n) is 2.35. The van der Waals surface area contributed by atoms with Gasteiger partial charge in [-0.25, -0.2) is 0 Å². The summed E-state index contributed by atoms with van der Waals surface area (Å²) in [6, 6.07) is 0. The number of nitrogens with zero attached hydrogens (tertiary/aromatic N) is 1. The lowest BCUT2D eigenvalue weighted by Gasteiger charge is -2.28. The van der Waals surface area contributed by atoms with E-state index in [0.717, 1.165) is 32.1 Å². The molecule has 0 saturated carbocycles. The molecule has 23 heavy (non-hydrogen) atoms. The minimum absolute atomic E-state index is 0.133. The van der Waals surface area contributed by atoms with Crippen LogP contribution < -0.4 is 0 Å². The summed E-state index contributed by atoms with van der Waals surface area (Å²) in [7, 11) is 5.68. The summed E-state index contributed by atoms with van der Waals surface area (Å²) < 4.78 is 5.68. The molecular weight excluding hydrogens is 298 g/mol. The molecule has 0 fully saturated rings. The maximum absolute atomic E-state index is 11.8. The van der Waals surface area contributed by atoms with Crippen molar-refractivity contribution in [2.45, 2.75) is 64.4 Å². The van der Waals surface area contributed by atoms with Crippen LogP contribution >= 0.6 is 0 Å². The molecule has 0 rings (SSSR count). The van der Waals surface area contributed by atoms with Gasteiger partial charge in [0, 0.05) is 6.42 Å². The third kappa shape index (κ3) is 13.9. The molecule has 0 amide bonds. The van der Waals surface area contributed by atoms with Gasteiger partial charge in [0.25, 0.3) is 0 Å². The Morgan fingerprint density at radius 1 is 1.04 bits per heavy atom. The smallest absolute Gasteiger partial charge is 0.313 e. The molecular formula is C17H32NO5+. The Kier molecular flexibility index (Phi) is 10.5. The van der Waals surface area contributed by atoms with Crippen molar-refractivity contribution >= 4 is 17.7 Å². The SMILES string of the molecule is CCCCCCCC(=O)CC(=O)OC(CC(=O)O)C[N+](C)(C)C. The molecule has 0 saturated heterocycles. The van der Waals surface area contributed by atoms with Gasteiger partial charge in [-0.15, -0.1) is 0 Å². The number of rotatable bonds is 13. The van der Waals surface area contributed by atoms with Gasteiger partial charge >= 0.3 is 11.9 Å². The van der Waals surface area contributed by atoms with Crippen molar-refractivity contribution in [2.75, 3.05) is 27.7 Å². The molecule has 134 valence electrons. The molecule has 0 aromatic rings. The first-order valence-corrected chi connectivity index (χ1v) is 8.37. The molecule has 0 heterocycles. The van der Waals surface area contributed by atoms with Crippen molar-refractivity contribution in [2.24, 2.45) is 0 Å². The predicted octanol–water partition coefficient (Wildman–Crippen LogP) is 2.40. The number of hydrogen-bond donors (Lipinski definition) is 1. The summed E-state index contributed by atoms with van der Waals surface area (Å²) in [5.74, 6) is -1.77. The minimum atomic E-state index is -1.02. The van der Waals surface area contributed by atoms with E-state index in [0.29, 0.717) is 17.4 Å². The van der Waals surface area contributed by atoms with E-state index >= 15 is 0 Å². The Bertz CT molecular complexity index is 387. The number of carboxylic acid groups (broad SMARTS) is 1. The summed E-state index contributed by atoms with van der Waals surface area (Å²) in [5.41, 5.74) is 0. The number of ketones is 1. The first-order valence-electron chi connectivity index (χ1n) is 8.37.